The molecule has 1 N–H and O–H groups in total. The number of piperidine rings is 1. The van der Waals surface area contributed by atoms with E-state index >= 15 is 0 Å². The third-order valence-corrected chi connectivity index (χ3v) is 3.74. The van der Waals surface area contributed by atoms with Gasteiger partial charge in [-0.05, 0) is 50.5 Å². The number of nitrogens with zero attached hydrogens (tertiary/aromatic N) is 1. The zero-order chi connectivity index (χ0) is 12.1. The minimum absolute atomic E-state index is 0.788. The average molecular weight is 253 g/mol. The summed E-state index contributed by atoms with van der Waals surface area (Å²) >= 11 is 6.17. The lowest BCUT2D eigenvalue weighted by Crippen LogP contribution is -2.36. The summed E-state index contributed by atoms with van der Waals surface area (Å²) in [5.74, 6) is 0.788. The molecule has 1 aliphatic rings. The summed E-state index contributed by atoms with van der Waals surface area (Å²) < 4.78 is 0. The lowest BCUT2D eigenvalue weighted by atomic mass is 9.99. The Bertz CT molecular complexity index is 348. The van der Waals surface area contributed by atoms with Crippen molar-refractivity contribution in [3.8, 4) is 0 Å². The van der Waals surface area contributed by atoms with Gasteiger partial charge in [-0.2, -0.15) is 0 Å². The van der Waals surface area contributed by atoms with Crippen molar-refractivity contribution >= 4 is 11.6 Å². The van der Waals surface area contributed by atoms with Gasteiger partial charge in [0, 0.05) is 18.1 Å². The second-order valence-corrected chi connectivity index (χ2v) is 5.41. The zero-order valence-corrected chi connectivity index (χ0v) is 11.2. The molecular formula is C14H21ClN2. The van der Waals surface area contributed by atoms with Crippen molar-refractivity contribution in [1.29, 1.82) is 0 Å². The van der Waals surface area contributed by atoms with Crippen molar-refractivity contribution in [2.45, 2.75) is 19.4 Å². The molecule has 1 fully saturated rings. The molecule has 3 heteroatoms. The highest BCUT2D eigenvalue weighted by Gasteiger charge is 2.15. The maximum atomic E-state index is 6.17. The summed E-state index contributed by atoms with van der Waals surface area (Å²) in [4.78, 5) is 2.37. The fourth-order valence-corrected chi connectivity index (χ4v) is 2.70. The molecule has 0 radical (unpaired) electrons. The van der Waals surface area contributed by atoms with Crippen LogP contribution in [0, 0.1) is 5.92 Å². The molecule has 1 atom stereocenters. The molecule has 0 amide bonds. The highest BCUT2D eigenvalue weighted by molar-refractivity contribution is 6.31. The van der Waals surface area contributed by atoms with Crippen molar-refractivity contribution < 1.29 is 0 Å². The van der Waals surface area contributed by atoms with Crippen LogP contribution in [0.1, 0.15) is 18.4 Å². The van der Waals surface area contributed by atoms with Gasteiger partial charge in [0.15, 0.2) is 0 Å². The fraction of sp³-hybridized carbons (Fsp3) is 0.571. The standard InChI is InChI=1S/C14H21ClN2/c1-17(10-12-5-4-8-16-9-12)11-13-6-2-3-7-14(13)15/h2-3,6-7,12,16H,4-5,8-11H2,1H3. The third-order valence-electron chi connectivity index (χ3n) is 3.37. The molecule has 0 spiro atoms. The van der Waals surface area contributed by atoms with Crippen LogP contribution < -0.4 is 5.32 Å². The Balaban J connectivity index is 1.84. The van der Waals surface area contributed by atoms with E-state index in [-0.39, 0.29) is 0 Å². The first-order chi connectivity index (χ1) is 8.25. The first-order valence-electron chi connectivity index (χ1n) is 6.38. The molecule has 1 aromatic carbocycles. The lowest BCUT2D eigenvalue weighted by Gasteiger charge is -2.27. The minimum atomic E-state index is 0.788. The molecule has 94 valence electrons. The molecule has 0 aliphatic carbocycles. The van der Waals surface area contributed by atoms with Crippen LogP contribution in [0.25, 0.3) is 0 Å². The van der Waals surface area contributed by atoms with Gasteiger partial charge < -0.3 is 10.2 Å². The smallest absolute Gasteiger partial charge is 0.0451 e. The largest absolute Gasteiger partial charge is 0.316 e. The van der Waals surface area contributed by atoms with Gasteiger partial charge in [-0.1, -0.05) is 29.8 Å². The van der Waals surface area contributed by atoms with Crippen LogP contribution in [-0.2, 0) is 6.54 Å². The molecule has 1 unspecified atom stereocenters. The number of nitrogens with one attached hydrogen (secondary N) is 1. The average Bonchev–Trinajstić information content (AvgIpc) is 2.33. The molecule has 2 nitrogen and oxygen atoms in total. The van der Waals surface area contributed by atoms with Crippen molar-refractivity contribution in [2.24, 2.45) is 5.92 Å². The van der Waals surface area contributed by atoms with E-state index in [4.69, 9.17) is 11.6 Å². The molecule has 2 rings (SSSR count). The maximum absolute atomic E-state index is 6.17. The van der Waals surface area contributed by atoms with E-state index < -0.39 is 0 Å². The molecule has 0 aromatic heterocycles. The molecule has 17 heavy (non-hydrogen) atoms. The Morgan fingerprint density at radius 1 is 1.41 bits per heavy atom. The van der Waals surface area contributed by atoms with Crippen molar-refractivity contribution in [2.75, 3.05) is 26.7 Å². The SMILES string of the molecule is CN(Cc1ccccc1Cl)CC1CCCNC1. The van der Waals surface area contributed by atoms with Gasteiger partial charge in [0.05, 0.1) is 0 Å². The second-order valence-electron chi connectivity index (χ2n) is 5.00. The first-order valence-corrected chi connectivity index (χ1v) is 6.76. The van der Waals surface area contributed by atoms with Gasteiger partial charge in [-0.15, -0.1) is 0 Å². The number of benzene rings is 1. The van der Waals surface area contributed by atoms with E-state index in [0.29, 0.717) is 0 Å². The van der Waals surface area contributed by atoms with Crippen LogP contribution >= 0.6 is 11.6 Å². The predicted octanol–water partition coefficient (Wildman–Crippen LogP) is 2.77. The number of rotatable bonds is 4. The van der Waals surface area contributed by atoms with Crippen molar-refractivity contribution in [3.63, 3.8) is 0 Å². The van der Waals surface area contributed by atoms with Crippen LogP contribution in [-0.4, -0.2) is 31.6 Å². The van der Waals surface area contributed by atoms with E-state index in [1.54, 1.807) is 0 Å². The molecule has 0 bridgehead atoms. The van der Waals surface area contributed by atoms with E-state index in [1.165, 1.54) is 24.9 Å². The molecule has 1 heterocycles. The summed E-state index contributed by atoms with van der Waals surface area (Å²) in [6, 6.07) is 8.11. The quantitative estimate of drug-likeness (QED) is 0.887. The highest BCUT2D eigenvalue weighted by atomic mass is 35.5. The van der Waals surface area contributed by atoms with Gasteiger partial charge in [-0.25, -0.2) is 0 Å². The van der Waals surface area contributed by atoms with Gasteiger partial charge in [0.25, 0.3) is 0 Å². The summed E-state index contributed by atoms with van der Waals surface area (Å²) in [5.41, 5.74) is 1.22. The fourth-order valence-electron chi connectivity index (χ4n) is 2.50. The topological polar surface area (TPSA) is 15.3 Å². The van der Waals surface area contributed by atoms with E-state index in [1.807, 2.05) is 12.1 Å². The highest BCUT2D eigenvalue weighted by Crippen LogP contribution is 2.18. The molecule has 1 saturated heterocycles. The van der Waals surface area contributed by atoms with Gasteiger partial charge in [-0.3, -0.25) is 0 Å². The normalized spacial score (nSPS) is 20.8. The van der Waals surface area contributed by atoms with Crippen LogP contribution in [0.2, 0.25) is 5.02 Å². The lowest BCUT2D eigenvalue weighted by molar-refractivity contribution is 0.237. The van der Waals surface area contributed by atoms with Crippen LogP contribution in [0.4, 0.5) is 0 Å². The Kier molecular flexibility index (Phi) is 4.84. The Morgan fingerprint density at radius 3 is 2.94 bits per heavy atom. The van der Waals surface area contributed by atoms with E-state index in [2.05, 4.69) is 29.4 Å². The Hall–Kier alpha value is -0.570. The summed E-state index contributed by atoms with van der Waals surface area (Å²) in [7, 11) is 2.18. The van der Waals surface area contributed by atoms with Crippen LogP contribution in [0.5, 0.6) is 0 Å². The van der Waals surface area contributed by atoms with Gasteiger partial charge in [0.2, 0.25) is 0 Å². The Morgan fingerprint density at radius 2 is 2.24 bits per heavy atom. The predicted molar refractivity (Wildman–Crippen MR) is 73.4 cm³/mol. The molecule has 1 aromatic rings. The van der Waals surface area contributed by atoms with Gasteiger partial charge in [0.1, 0.15) is 0 Å². The first kappa shape index (κ1) is 12.9. The van der Waals surface area contributed by atoms with E-state index in [0.717, 1.165) is 30.6 Å². The summed E-state index contributed by atoms with van der Waals surface area (Å²) in [5, 5.41) is 4.34. The zero-order valence-electron chi connectivity index (χ0n) is 10.5. The van der Waals surface area contributed by atoms with E-state index in [9.17, 15) is 0 Å². The van der Waals surface area contributed by atoms with Crippen molar-refractivity contribution in [1.82, 2.24) is 10.2 Å². The molecular weight excluding hydrogens is 232 g/mol. The maximum Gasteiger partial charge on any atom is 0.0451 e. The number of hydrogen-bond donors (Lipinski definition) is 1. The van der Waals surface area contributed by atoms with Gasteiger partial charge >= 0.3 is 0 Å². The summed E-state index contributed by atoms with van der Waals surface area (Å²) in [6.07, 6.45) is 2.66. The third kappa shape index (κ3) is 3.98. The van der Waals surface area contributed by atoms with Crippen molar-refractivity contribution in [3.05, 3.63) is 34.9 Å². The van der Waals surface area contributed by atoms with Crippen LogP contribution in [0.3, 0.4) is 0 Å². The monoisotopic (exact) mass is 252 g/mol. The number of hydrogen-bond acceptors (Lipinski definition) is 2. The molecule has 0 saturated carbocycles. The summed E-state index contributed by atoms with van der Waals surface area (Å²) in [6.45, 7) is 4.44. The van der Waals surface area contributed by atoms with Crippen LogP contribution in [0.15, 0.2) is 24.3 Å². The Labute approximate surface area is 109 Å². The minimum Gasteiger partial charge on any atom is -0.316 e. The second kappa shape index (κ2) is 6.39. The molecule has 1 aliphatic heterocycles. The number of halogens is 1.